The van der Waals surface area contributed by atoms with Crippen molar-refractivity contribution in [1.29, 1.82) is 0 Å². The van der Waals surface area contributed by atoms with E-state index < -0.39 is 75.0 Å². The molecule has 0 amide bonds. The second kappa shape index (κ2) is 5.03. The summed E-state index contributed by atoms with van der Waals surface area (Å²) in [5.41, 5.74) is -14.6. The van der Waals surface area contributed by atoms with Crippen LogP contribution in [0, 0.1) is 22.7 Å². The van der Waals surface area contributed by atoms with Crippen LogP contribution in [0.15, 0.2) is 0 Å². The third-order valence-corrected chi connectivity index (χ3v) is 10.3. The van der Waals surface area contributed by atoms with Gasteiger partial charge < -0.3 is 35.0 Å². The molecule has 31 heavy (non-hydrogen) atoms. The van der Waals surface area contributed by atoms with Crippen molar-refractivity contribution >= 4 is 11.8 Å². The fourth-order valence-electron chi connectivity index (χ4n) is 8.91. The lowest BCUT2D eigenvalue weighted by Gasteiger charge is -2.59. The number of esters is 1. The average molecular weight is 440 g/mol. The van der Waals surface area contributed by atoms with E-state index in [0.29, 0.717) is 0 Å². The van der Waals surface area contributed by atoms with Crippen molar-refractivity contribution in [2.45, 2.75) is 101 Å². The lowest BCUT2D eigenvalue weighted by Crippen LogP contribution is -2.73. The molecule has 6 rings (SSSR count). The molecular weight excluding hydrogens is 408 g/mol. The van der Waals surface area contributed by atoms with Crippen LogP contribution in [0.1, 0.15) is 60.8 Å². The zero-order chi connectivity index (χ0) is 23.4. The first kappa shape index (κ1) is 21.7. The molecule has 6 aliphatic rings. The number of aliphatic hydroxyl groups is 5. The summed E-state index contributed by atoms with van der Waals surface area (Å²) in [6.07, 6.45) is -2.58. The Morgan fingerprint density at radius 2 is 1.74 bits per heavy atom. The molecule has 174 valence electrons. The Morgan fingerprint density at radius 1 is 1.16 bits per heavy atom. The molecule has 5 N–H and O–H groups in total. The highest BCUT2D eigenvalue weighted by molar-refractivity contribution is 5.85. The number of carbonyl (C=O) groups is 2. The molecule has 0 aromatic rings. The van der Waals surface area contributed by atoms with Crippen molar-refractivity contribution in [3.05, 3.63) is 0 Å². The predicted octanol–water partition coefficient (Wildman–Crippen LogP) is -0.601. The quantitative estimate of drug-likeness (QED) is 0.354. The van der Waals surface area contributed by atoms with E-state index in [9.17, 15) is 35.1 Å². The largest absolute Gasteiger partial charge is 0.456 e. The van der Waals surface area contributed by atoms with Crippen LogP contribution >= 0.6 is 0 Å². The Balaban J connectivity index is 1.94. The van der Waals surface area contributed by atoms with Crippen LogP contribution in [-0.4, -0.2) is 77.2 Å². The molecule has 4 aliphatic carbocycles. The lowest BCUT2D eigenvalue weighted by atomic mass is 9.52. The van der Waals surface area contributed by atoms with Gasteiger partial charge in [-0.1, -0.05) is 27.7 Å². The number of ether oxygens (including phenoxy) is 2. The van der Waals surface area contributed by atoms with Gasteiger partial charge >= 0.3 is 5.97 Å². The molecule has 6 fully saturated rings. The van der Waals surface area contributed by atoms with Gasteiger partial charge in [0.2, 0.25) is 0 Å². The minimum atomic E-state index is -2.42. The van der Waals surface area contributed by atoms with Crippen LogP contribution in [-0.2, 0) is 19.1 Å². The molecule has 9 nitrogen and oxygen atoms in total. The van der Waals surface area contributed by atoms with Crippen LogP contribution in [0.25, 0.3) is 0 Å². The molecule has 10 atom stereocenters. The number of ketones is 1. The molecule has 9 heteroatoms. The highest BCUT2D eigenvalue weighted by Gasteiger charge is 3.09. The zero-order valence-corrected chi connectivity index (χ0v) is 18.7. The first-order valence-corrected chi connectivity index (χ1v) is 10.9. The monoisotopic (exact) mass is 440 g/mol. The third kappa shape index (κ3) is 1.48. The van der Waals surface area contributed by atoms with Gasteiger partial charge in [-0.25, -0.2) is 0 Å². The van der Waals surface area contributed by atoms with Crippen molar-refractivity contribution in [3.8, 4) is 0 Å². The van der Waals surface area contributed by atoms with Crippen LogP contribution < -0.4 is 0 Å². The number of carbonyl (C=O) groups excluding carboxylic acids is 2. The Labute approximate surface area is 180 Å². The van der Waals surface area contributed by atoms with Gasteiger partial charge in [-0.3, -0.25) is 9.59 Å². The van der Waals surface area contributed by atoms with Gasteiger partial charge in [-0.15, -0.1) is 0 Å². The third-order valence-electron chi connectivity index (χ3n) is 10.3. The molecule has 0 aromatic carbocycles. The predicted molar refractivity (Wildman–Crippen MR) is 103 cm³/mol. The molecule has 6 bridgehead atoms. The average Bonchev–Trinajstić information content (AvgIpc) is 2.86. The molecule has 0 radical (unpaired) electrons. The highest BCUT2D eigenvalue weighted by atomic mass is 16.7. The summed E-state index contributed by atoms with van der Waals surface area (Å²) >= 11 is 0. The first-order valence-electron chi connectivity index (χ1n) is 10.9. The van der Waals surface area contributed by atoms with E-state index in [-0.39, 0.29) is 18.6 Å². The van der Waals surface area contributed by atoms with Crippen molar-refractivity contribution in [2.75, 3.05) is 0 Å². The van der Waals surface area contributed by atoms with Crippen molar-refractivity contribution in [1.82, 2.24) is 0 Å². The van der Waals surface area contributed by atoms with E-state index >= 15 is 0 Å². The summed E-state index contributed by atoms with van der Waals surface area (Å²) in [7, 11) is 0. The van der Waals surface area contributed by atoms with E-state index in [4.69, 9.17) is 9.47 Å². The van der Waals surface area contributed by atoms with Crippen LogP contribution in [0.5, 0.6) is 0 Å². The van der Waals surface area contributed by atoms with Crippen molar-refractivity contribution in [3.63, 3.8) is 0 Å². The van der Waals surface area contributed by atoms with E-state index in [0.717, 1.165) is 6.92 Å². The van der Waals surface area contributed by atoms with Gasteiger partial charge in [0.05, 0.1) is 5.41 Å². The van der Waals surface area contributed by atoms with E-state index in [2.05, 4.69) is 0 Å². The summed E-state index contributed by atoms with van der Waals surface area (Å²) in [6.45, 7) is 8.94. The molecule has 2 saturated heterocycles. The van der Waals surface area contributed by atoms with E-state index in [1.54, 1.807) is 20.8 Å². The summed E-state index contributed by atoms with van der Waals surface area (Å²) < 4.78 is 11.7. The topological polar surface area (TPSA) is 154 Å². The van der Waals surface area contributed by atoms with Crippen LogP contribution in [0.2, 0.25) is 0 Å². The molecule has 1 spiro atoms. The van der Waals surface area contributed by atoms with Crippen LogP contribution in [0.4, 0.5) is 0 Å². The molecule has 2 heterocycles. The maximum atomic E-state index is 12.7. The van der Waals surface area contributed by atoms with Gasteiger partial charge in [0, 0.05) is 31.1 Å². The first-order chi connectivity index (χ1) is 13.9. The fraction of sp³-hybridized carbons (Fsp3) is 0.909. The Hall–Kier alpha value is -1.10. The highest BCUT2D eigenvalue weighted by Crippen LogP contribution is 2.90. The van der Waals surface area contributed by atoms with Crippen molar-refractivity contribution in [2.24, 2.45) is 22.7 Å². The Bertz CT molecular complexity index is 936. The van der Waals surface area contributed by atoms with Gasteiger partial charge in [0.15, 0.2) is 11.9 Å². The van der Waals surface area contributed by atoms with Gasteiger partial charge in [-0.2, -0.15) is 0 Å². The molecule has 0 aromatic heterocycles. The smallest absolute Gasteiger partial charge is 0.303 e. The maximum Gasteiger partial charge on any atom is 0.303 e. The second-order valence-electron chi connectivity index (χ2n) is 11.4. The SMILES string of the molecule is CC(=O)OC1C(O)(C(C)C)C2(C)C3(O)CC4(C)C5(O)CC(=O)C(C)CC5(O3)C2(O)C14O. The van der Waals surface area contributed by atoms with Gasteiger partial charge in [0.25, 0.3) is 0 Å². The number of hydrogen-bond donors (Lipinski definition) is 5. The summed E-state index contributed by atoms with van der Waals surface area (Å²) in [5.74, 6) is -4.51. The molecular formula is C22H32O9. The van der Waals surface area contributed by atoms with Crippen LogP contribution in [0.3, 0.4) is 0 Å². The number of Topliss-reactive ketones (excluding diaryl/α,β-unsaturated/α-hetero) is 1. The standard InChI is InChI=1S/C22H32O9/c1-10(2)20(27)14(30-12(4)23)21(28)15(5)9-19(26)16(20,6)22(21,29)18(31-19)7-11(3)13(24)8-17(15,18)25/h10-11,14,25-29H,7-9H2,1-6H3. The summed E-state index contributed by atoms with van der Waals surface area (Å²) in [4.78, 5) is 24.8. The number of hydrogen-bond acceptors (Lipinski definition) is 9. The van der Waals surface area contributed by atoms with E-state index in [1.807, 2.05) is 0 Å². The van der Waals surface area contributed by atoms with Gasteiger partial charge in [0.1, 0.15) is 33.8 Å². The van der Waals surface area contributed by atoms with Gasteiger partial charge in [-0.05, 0) is 19.3 Å². The van der Waals surface area contributed by atoms with Crippen molar-refractivity contribution < 1.29 is 44.6 Å². The minimum absolute atomic E-state index is 0.157. The maximum absolute atomic E-state index is 12.7. The lowest BCUT2D eigenvalue weighted by molar-refractivity contribution is -0.375. The zero-order valence-electron chi connectivity index (χ0n) is 18.7. The minimum Gasteiger partial charge on any atom is -0.456 e. The second-order valence-corrected chi connectivity index (χ2v) is 11.4. The summed E-state index contributed by atoms with van der Waals surface area (Å²) in [6, 6.07) is 0. The fourth-order valence-corrected chi connectivity index (χ4v) is 8.91. The Kier molecular flexibility index (Phi) is 3.52. The Morgan fingerprint density at radius 3 is 2.26 bits per heavy atom. The van der Waals surface area contributed by atoms with E-state index in [1.165, 1.54) is 13.8 Å². The summed E-state index contributed by atoms with van der Waals surface area (Å²) in [5, 5.41) is 61.0. The molecule has 4 saturated carbocycles. The number of rotatable bonds is 2. The molecule has 2 aliphatic heterocycles. The normalized spacial score (nSPS) is 63.7. The molecule has 10 unspecified atom stereocenters.